The highest BCUT2D eigenvalue weighted by Crippen LogP contribution is 2.65. The number of esters is 1. The zero-order valence-electron chi connectivity index (χ0n) is 23.2. The lowest BCUT2D eigenvalue weighted by molar-refractivity contribution is -0.162. The van der Waals surface area contributed by atoms with Crippen molar-refractivity contribution in [2.45, 2.75) is 101 Å². The quantitative estimate of drug-likeness (QED) is 0.222. The van der Waals surface area contributed by atoms with Crippen LogP contribution in [0.1, 0.15) is 78.1 Å². The predicted octanol–water partition coefficient (Wildman–Crippen LogP) is 3.63. The molecule has 8 heteroatoms. The van der Waals surface area contributed by atoms with Gasteiger partial charge in [-0.15, -0.1) is 13.2 Å². The van der Waals surface area contributed by atoms with E-state index in [1.807, 2.05) is 18.7 Å². The topological polar surface area (TPSA) is 96.4 Å². The van der Waals surface area contributed by atoms with Crippen LogP contribution in [0.15, 0.2) is 25.3 Å². The van der Waals surface area contributed by atoms with Gasteiger partial charge < -0.3 is 24.4 Å². The van der Waals surface area contributed by atoms with Gasteiger partial charge >= 0.3 is 5.97 Å². The number of amides is 2. The van der Waals surface area contributed by atoms with Crippen LogP contribution in [-0.4, -0.2) is 82.3 Å². The molecule has 8 nitrogen and oxygen atoms in total. The highest BCUT2D eigenvalue weighted by molar-refractivity contribution is 5.98. The summed E-state index contributed by atoms with van der Waals surface area (Å²) in [6, 6.07) is -0.695. The van der Waals surface area contributed by atoms with Gasteiger partial charge in [0.05, 0.1) is 18.1 Å². The summed E-state index contributed by atoms with van der Waals surface area (Å²) in [7, 11) is 0. The average molecular weight is 531 g/mol. The maximum Gasteiger partial charge on any atom is 0.312 e. The summed E-state index contributed by atoms with van der Waals surface area (Å²) in [4.78, 5) is 45.8. The molecule has 0 aromatic heterocycles. The highest BCUT2D eigenvalue weighted by atomic mass is 16.6. The molecule has 4 rings (SSSR count). The molecule has 0 radical (unpaired) electrons. The number of ether oxygens (including phenoxy) is 2. The van der Waals surface area contributed by atoms with E-state index in [0.717, 1.165) is 32.1 Å². The van der Waals surface area contributed by atoms with Gasteiger partial charge in [0.15, 0.2) is 0 Å². The van der Waals surface area contributed by atoms with E-state index in [1.54, 1.807) is 17.1 Å². The minimum atomic E-state index is -1.07. The Balaban J connectivity index is 1.70. The average Bonchev–Trinajstić information content (AvgIpc) is 3.42. The largest absolute Gasteiger partial charge is 0.465 e. The van der Waals surface area contributed by atoms with Crippen LogP contribution in [0.5, 0.6) is 0 Å². The number of aliphatic hydroxyl groups excluding tert-OH is 1. The van der Waals surface area contributed by atoms with E-state index in [0.29, 0.717) is 38.8 Å². The van der Waals surface area contributed by atoms with Crippen LogP contribution in [0.2, 0.25) is 0 Å². The fourth-order valence-corrected chi connectivity index (χ4v) is 7.61. The fraction of sp³-hybridized carbons (Fsp3) is 0.767. The third-order valence-corrected chi connectivity index (χ3v) is 9.53. The molecule has 2 amide bonds. The molecule has 1 spiro atoms. The van der Waals surface area contributed by atoms with Crippen LogP contribution in [0.25, 0.3) is 0 Å². The second-order valence-electron chi connectivity index (χ2n) is 11.8. The monoisotopic (exact) mass is 530 g/mol. The van der Waals surface area contributed by atoms with Gasteiger partial charge in [0.25, 0.3) is 0 Å². The third-order valence-electron chi connectivity index (χ3n) is 9.53. The van der Waals surface area contributed by atoms with Crippen molar-refractivity contribution >= 4 is 17.8 Å². The van der Waals surface area contributed by atoms with Crippen molar-refractivity contribution in [2.24, 2.45) is 17.8 Å². The molecule has 3 aliphatic heterocycles. The number of hydrogen-bond acceptors (Lipinski definition) is 6. The van der Waals surface area contributed by atoms with Crippen molar-refractivity contribution in [2.75, 3.05) is 26.3 Å². The summed E-state index contributed by atoms with van der Waals surface area (Å²) < 4.78 is 12.5. The van der Waals surface area contributed by atoms with Gasteiger partial charge in [-0.2, -0.15) is 0 Å². The summed E-state index contributed by atoms with van der Waals surface area (Å²) in [5.74, 6) is -2.26. The van der Waals surface area contributed by atoms with Crippen LogP contribution in [-0.2, 0) is 23.9 Å². The van der Waals surface area contributed by atoms with Gasteiger partial charge in [0.2, 0.25) is 11.8 Å². The van der Waals surface area contributed by atoms with Gasteiger partial charge in [-0.1, -0.05) is 38.3 Å². The second-order valence-corrected chi connectivity index (χ2v) is 11.8. The van der Waals surface area contributed by atoms with Crippen molar-refractivity contribution in [3.8, 4) is 0 Å². The summed E-state index contributed by atoms with van der Waals surface area (Å²) in [5.41, 5.74) is -1.94. The standard InChI is InChI=1S/C30H46N2O6/c1-5-7-13-19-37-28(36)24-23-26(34)32(17-11-12-18-33)25(30(23)20-21(3)29(24,4)38-30)27(35)31(16-6-2)22-14-9-8-10-15-22/h5-6,21-25,33H,1-2,7-20H2,3-4H3/t21?,23-,24-,25?,29+,30?/m0/s1. The third kappa shape index (κ3) is 4.83. The summed E-state index contributed by atoms with van der Waals surface area (Å²) in [5, 5.41) is 9.40. The van der Waals surface area contributed by atoms with Crippen LogP contribution < -0.4 is 0 Å². The number of likely N-dealkylation sites (tertiary alicyclic amines) is 1. The Morgan fingerprint density at radius 3 is 2.58 bits per heavy atom. The first-order valence-electron chi connectivity index (χ1n) is 14.6. The Bertz CT molecular complexity index is 916. The van der Waals surface area contributed by atoms with E-state index in [9.17, 15) is 19.5 Å². The number of aliphatic hydroxyl groups is 1. The second kappa shape index (κ2) is 11.9. The molecule has 3 unspecified atom stereocenters. The molecule has 2 bridgehead atoms. The van der Waals surface area contributed by atoms with Gasteiger partial charge in [-0.05, 0) is 57.8 Å². The Hall–Kier alpha value is -2.19. The van der Waals surface area contributed by atoms with Crippen molar-refractivity contribution in [1.82, 2.24) is 9.80 Å². The normalized spacial score (nSPS) is 34.3. The van der Waals surface area contributed by atoms with Crippen LogP contribution >= 0.6 is 0 Å². The van der Waals surface area contributed by atoms with E-state index >= 15 is 0 Å². The number of fused-ring (bicyclic) bond motifs is 1. The molecule has 3 saturated heterocycles. The molecule has 1 aliphatic carbocycles. The van der Waals surface area contributed by atoms with E-state index in [1.165, 1.54) is 6.42 Å². The lowest BCUT2D eigenvalue weighted by Gasteiger charge is -2.41. The molecule has 212 valence electrons. The van der Waals surface area contributed by atoms with E-state index < -0.39 is 35.0 Å². The number of carbonyl (C=O) groups excluding carboxylic acids is 3. The first kappa shape index (κ1) is 28.8. The number of rotatable bonds is 13. The number of allylic oxidation sites excluding steroid dienone is 1. The Morgan fingerprint density at radius 2 is 1.92 bits per heavy atom. The van der Waals surface area contributed by atoms with Gasteiger partial charge in [-0.3, -0.25) is 14.4 Å². The molecule has 3 heterocycles. The molecule has 1 saturated carbocycles. The van der Waals surface area contributed by atoms with E-state index in [-0.39, 0.29) is 37.0 Å². The van der Waals surface area contributed by atoms with Gasteiger partial charge in [0, 0.05) is 25.7 Å². The van der Waals surface area contributed by atoms with Crippen molar-refractivity contribution < 1.29 is 29.0 Å². The summed E-state index contributed by atoms with van der Waals surface area (Å²) in [6.07, 6.45) is 11.8. The van der Waals surface area contributed by atoms with Crippen LogP contribution in [0.3, 0.4) is 0 Å². The molecule has 0 aromatic carbocycles. The first-order chi connectivity index (χ1) is 18.3. The molecule has 4 aliphatic rings. The number of unbranched alkanes of at least 4 members (excludes halogenated alkanes) is 2. The number of hydrogen-bond donors (Lipinski definition) is 1. The minimum absolute atomic E-state index is 0.0190. The molecule has 38 heavy (non-hydrogen) atoms. The molecule has 4 fully saturated rings. The Morgan fingerprint density at radius 1 is 1.18 bits per heavy atom. The molecule has 1 N–H and O–H groups in total. The number of carbonyl (C=O) groups is 3. The zero-order chi connectivity index (χ0) is 27.5. The summed E-state index contributed by atoms with van der Waals surface area (Å²) >= 11 is 0. The Labute approximate surface area is 227 Å². The van der Waals surface area contributed by atoms with Crippen molar-refractivity contribution in [3.63, 3.8) is 0 Å². The van der Waals surface area contributed by atoms with Gasteiger partial charge in [0.1, 0.15) is 17.6 Å². The van der Waals surface area contributed by atoms with Crippen LogP contribution in [0.4, 0.5) is 0 Å². The lowest BCUT2D eigenvalue weighted by atomic mass is 9.62. The molecule has 0 aromatic rings. The first-order valence-corrected chi connectivity index (χ1v) is 14.6. The Kier molecular flexibility index (Phi) is 9.03. The predicted molar refractivity (Wildman–Crippen MR) is 144 cm³/mol. The van der Waals surface area contributed by atoms with Crippen molar-refractivity contribution in [1.29, 1.82) is 0 Å². The fourth-order valence-electron chi connectivity index (χ4n) is 7.61. The molecular weight excluding hydrogens is 484 g/mol. The maximum atomic E-state index is 14.5. The smallest absolute Gasteiger partial charge is 0.312 e. The highest BCUT2D eigenvalue weighted by Gasteiger charge is 2.80. The van der Waals surface area contributed by atoms with E-state index in [4.69, 9.17) is 9.47 Å². The lowest BCUT2D eigenvalue weighted by Crippen LogP contribution is -2.58. The van der Waals surface area contributed by atoms with E-state index in [2.05, 4.69) is 13.2 Å². The van der Waals surface area contributed by atoms with Crippen LogP contribution in [0, 0.1) is 17.8 Å². The molecule has 6 atom stereocenters. The minimum Gasteiger partial charge on any atom is -0.465 e. The maximum absolute atomic E-state index is 14.5. The number of nitrogens with zero attached hydrogens (tertiary/aromatic N) is 2. The summed E-state index contributed by atoms with van der Waals surface area (Å²) in [6.45, 7) is 12.6. The van der Waals surface area contributed by atoms with Crippen molar-refractivity contribution in [3.05, 3.63) is 25.3 Å². The van der Waals surface area contributed by atoms with Gasteiger partial charge in [-0.25, -0.2) is 0 Å². The molecular formula is C30H46N2O6. The zero-order valence-corrected chi connectivity index (χ0v) is 23.2. The SMILES string of the molecule is C=CCCCOC(=O)[C@@H]1[C@H]2C(=O)N(CCCCO)C(C(=O)N(CC=C)C3CCCCC3)C23CC(C)[C@@]1(C)O3.